The molecule has 0 radical (unpaired) electrons. The summed E-state index contributed by atoms with van der Waals surface area (Å²) in [6, 6.07) is 0. The van der Waals surface area contributed by atoms with Crippen molar-refractivity contribution in [2.75, 3.05) is 47.4 Å². The van der Waals surface area contributed by atoms with Crippen molar-refractivity contribution in [2.24, 2.45) is 11.7 Å². The molecule has 2 N–H and O–H groups in total. The van der Waals surface area contributed by atoms with E-state index in [0.717, 1.165) is 32.6 Å². The van der Waals surface area contributed by atoms with Gasteiger partial charge in [0.2, 0.25) is 0 Å². The van der Waals surface area contributed by atoms with Crippen molar-refractivity contribution >= 4 is 5.97 Å². The van der Waals surface area contributed by atoms with Crippen LogP contribution in [0.15, 0.2) is 0 Å². The Balaban J connectivity index is 4.21. The molecule has 0 aromatic heterocycles. The Morgan fingerprint density at radius 2 is 1.85 bits per heavy atom. The Hall–Kier alpha value is -0.650. The van der Waals surface area contributed by atoms with Crippen molar-refractivity contribution in [3.63, 3.8) is 0 Å². The maximum atomic E-state index is 11.5. The van der Waals surface area contributed by atoms with Crippen LogP contribution in [-0.4, -0.2) is 68.7 Å². The molecule has 5 nitrogen and oxygen atoms in total. The number of carbonyl (C=O) groups is 1. The topological polar surface area (TPSA) is 58.8 Å². The Bertz CT molecular complexity index is 278. The van der Waals surface area contributed by atoms with Crippen molar-refractivity contribution in [3.8, 4) is 0 Å². The van der Waals surface area contributed by atoms with Crippen LogP contribution in [0.3, 0.4) is 0 Å². The first-order valence-electron chi connectivity index (χ1n) is 7.43. The average Bonchev–Trinajstić information content (AvgIpc) is 2.33. The second kappa shape index (κ2) is 9.32. The molecule has 0 aliphatic heterocycles. The van der Waals surface area contributed by atoms with Crippen LogP contribution in [0, 0.1) is 5.92 Å². The van der Waals surface area contributed by atoms with E-state index in [2.05, 4.69) is 37.7 Å². The maximum absolute atomic E-state index is 11.5. The molecule has 0 rings (SSSR count). The lowest BCUT2D eigenvalue weighted by Crippen LogP contribution is -2.46. The van der Waals surface area contributed by atoms with E-state index in [1.54, 1.807) is 6.92 Å². The zero-order valence-corrected chi connectivity index (χ0v) is 14.1. The van der Waals surface area contributed by atoms with E-state index in [1.807, 2.05) is 0 Å². The second-order valence-corrected chi connectivity index (χ2v) is 6.51. The SMILES string of the molecule is COC(=O)C(C)(N)CCCN(CCN(C)C)CC(C)C. The molecule has 5 heteroatoms. The predicted molar refractivity (Wildman–Crippen MR) is 83.7 cm³/mol. The number of methoxy groups -OCH3 is 1. The van der Waals surface area contributed by atoms with E-state index in [0.29, 0.717) is 12.3 Å². The second-order valence-electron chi connectivity index (χ2n) is 6.51. The highest BCUT2D eigenvalue weighted by Crippen LogP contribution is 2.12. The third-order valence-corrected chi connectivity index (χ3v) is 3.31. The zero-order valence-electron chi connectivity index (χ0n) is 14.1. The van der Waals surface area contributed by atoms with Crippen LogP contribution in [0.1, 0.15) is 33.6 Å². The molecule has 0 bridgehead atoms. The van der Waals surface area contributed by atoms with E-state index in [9.17, 15) is 4.79 Å². The fourth-order valence-electron chi connectivity index (χ4n) is 2.16. The van der Waals surface area contributed by atoms with E-state index in [-0.39, 0.29) is 5.97 Å². The van der Waals surface area contributed by atoms with E-state index >= 15 is 0 Å². The number of carbonyl (C=O) groups excluding carboxylic acids is 1. The van der Waals surface area contributed by atoms with Gasteiger partial charge in [-0.15, -0.1) is 0 Å². The van der Waals surface area contributed by atoms with Gasteiger partial charge in [-0.25, -0.2) is 0 Å². The van der Waals surface area contributed by atoms with Gasteiger partial charge in [0, 0.05) is 19.6 Å². The van der Waals surface area contributed by atoms with E-state index < -0.39 is 5.54 Å². The maximum Gasteiger partial charge on any atom is 0.325 e. The molecule has 0 spiro atoms. The first-order valence-corrected chi connectivity index (χ1v) is 7.43. The van der Waals surface area contributed by atoms with Crippen LogP contribution < -0.4 is 5.73 Å². The summed E-state index contributed by atoms with van der Waals surface area (Å²) in [4.78, 5) is 16.2. The van der Waals surface area contributed by atoms with Crippen LogP contribution in [0.4, 0.5) is 0 Å². The molecular weight excluding hydrogens is 254 g/mol. The molecule has 120 valence electrons. The number of hydrogen-bond donors (Lipinski definition) is 1. The Morgan fingerprint density at radius 3 is 2.30 bits per heavy atom. The van der Waals surface area contributed by atoms with Crippen LogP contribution in [0.5, 0.6) is 0 Å². The average molecular weight is 287 g/mol. The molecule has 1 unspecified atom stereocenters. The molecule has 0 aliphatic rings. The minimum absolute atomic E-state index is 0.332. The molecule has 0 aromatic rings. The van der Waals surface area contributed by atoms with Crippen molar-refractivity contribution in [1.82, 2.24) is 9.80 Å². The Kier molecular flexibility index (Phi) is 9.01. The van der Waals surface area contributed by atoms with Crippen molar-refractivity contribution in [1.29, 1.82) is 0 Å². The van der Waals surface area contributed by atoms with Crippen molar-refractivity contribution in [3.05, 3.63) is 0 Å². The largest absolute Gasteiger partial charge is 0.468 e. The van der Waals surface area contributed by atoms with Crippen LogP contribution in [-0.2, 0) is 9.53 Å². The van der Waals surface area contributed by atoms with E-state index in [1.165, 1.54) is 7.11 Å². The van der Waals surface area contributed by atoms with Crippen LogP contribution >= 0.6 is 0 Å². The smallest absolute Gasteiger partial charge is 0.325 e. The minimum Gasteiger partial charge on any atom is -0.468 e. The quantitative estimate of drug-likeness (QED) is 0.611. The van der Waals surface area contributed by atoms with Gasteiger partial charge in [0.15, 0.2) is 0 Å². The van der Waals surface area contributed by atoms with Crippen LogP contribution in [0.2, 0.25) is 0 Å². The summed E-state index contributed by atoms with van der Waals surface area (Å²) in [5.74, 6) is 0.309. The summed E-state index contributed by atoms with van der Waals surface area (Å²) in [7, 11) is 5.55. The number of rotatable bonds is 10. The lowest BCUT2D eigenvalue weighted by Gasteiger charge is -2.27. The molecule has 0 saturated heterocycles. The summed E-state index contributed by atoms with van der Waals surface area (Å²) >= 11 is 0. The van der Waals surface area contributed by atoms with E-state index in [4.69, 9.17) is 10.5 Å². The Labute approximate surface area is 124 Å². The summed E-state index contributed by atoms with van der Waals surface area (Å²) in [5, 5.41) is 0. The van der Waals surface area contributed by atoms with Crippen LogP contribution in [0.25, 0.3) is 0 Å². The predicted octanol–water partition coefficient (Wildman–Crippen LogP) is 1.18. The molecule has 1 atom stereocenters. The van der Waals surface area contributed by atoms with Gasteiger partial charge in [-0.3, -0.25) is 4.79 Å². The summed E-state index contributed by atoms with van der Waals surface area (Å²) < 4.78 is 4.73. The number of ether oxygens (including phenoxy) is 1. The summed E-state index contributed by atoms with van der Waals surface area (Å²) in [6.45, 7) is 10.3. The minimum atomic E-state index is -0.875. The number of likely N-dealkylation sites (N-methyl/N-ethyl adjacent to an activating group) is 1. The molecule has 0 aromatic carbocycles. The highest BCUT2D eigenvalue weighted by atomic mass is 16.5. The van der Waals surface area contributed by atoms with Gasteiger partial charge >= 0.3 is 5.97 Å². The van der Waals surface area contributed by atoms with Gasteiger partial charge in [-0.05, 0) is 46.3 Å². The number of nitrogens with two attached hydrogens (primary N) is 1. The molecule has 0 heterocycles. The zero-order chi connectivity index (χ0) is 15.8. The standard InChI is InChI=1S/C15H33N3O2/c1-13(2)12-18(11-10-17(4)5)9-7-8-15(3,16)14(19)20-6/h13H,7-12,16H2,1-6H3. The number of hydrogen-bond acceptors (Lipinski definition) is 5. The van der Waals surface area contributed by atoms with Crippen molar-refractivity contribution in [2.45, 2.75) is 39.2 Å². The normalized spacial score (nSPS) is 14.9. The monoisotopic (exact) mass is 287 g/mol. The van der Waals surface area contributed by atoms with Gasteiger partial charge in [-0.2, -0.15) is 0 Å². The van der Waals surface area contributed by atoms with Crippen molar-refractivity contribution < 1.29 is 9.53 Å². The van der Waals surface area contributed by atoms with Gasteiger partial charge < -0.3 is 20.3 Å². The highest BCUT2D eigenvalue weighted by molar-refractivity contribution is 5.79. The van der Waals surface area contributed by atoms with Gasteiger partial charge in [0.1, 0.15) is 5.54 Å². The molecule has 0 fully saturated rings. The lowest BCUT2D eigenvalue weighted by atomic mass is 9.97. The van der Waals surface area contributed by atoms with Gasteiger partial charge in [0.25, 0.3) is 0 Å². The lowest BCUT2D eigenvalue weighted by molar-refractivity contribution is -0.146. The van der Waals surface area contributed by atoms with Gasteiger partial charge in [0.05, 0.1) is 7.11 Å². The first-order chi connectivity index (χ1) is 9.19. The van der Waals surface area contributed by atoms with Gasteiger partial charge in [-0.1, -0.05) is 13.8 Å². The molecule has 0 amide bonds. The molecule has 0 aliphatic carbocycles. The fraction of sp³-hybridized carbons (Fsp3) is 0.933. The third kappa shape index (κ3) is 8.51. The number of esters is 1. The Morgan fingerprint density at radius 1 is 1.25 bits per heavy atom. The summed E-state index contributed by atoms with van der Waals surface area (Å²) in [5.41, 5.74) is 5.10. The first kappa shape index (κ1) is 19.4. The molecule has 0 saturated carbocycles. The summed E-state index contributed by atoms with van der Waals surface area (Å²) in [6.07, 6.45) is 1.55. The molecule has 20 heavy (non-hydrogen) atoms. The fourth-order valence-corrected chi connectivity index (χ4v) is 2.16. The highest BCUT2D eigenvalue weighted by Gasteiger charge is 2.28. The number of nitrogens with zero attached hydrogens (tertiary/aromatic N) is 2. The third-order valence-electron chi connectivity index (χ3n) is 3.31. The molecular formula is C15H33N3O2.